The molecule has 0 amide bonds. The summed E-state index contributed by atoms with van der Waals surface area (Å²) in [4.78, 5) is 0. The van der Waals surface area contributed by atoms with E-state index in [2.05, 4.69) is 44.3 Å². The van der Waals surface area contributed by atoms with Crippen LogP contribution in [0.2, 0.25) is 0 Å². The quantitative estimate of drug-likeness (QED) is 0.854. The number of nitrogens with one attached hydrogen (secondary N) is 1. The highest BCUT2D eigenvalue weighted by Gasteiger charge is 2.21. The summed E-state index contributed by atoms with van der Waals surface area (Å²) in [6.07, 6.45) is 0. The lowest BCUT2D eigenvalue weighted by Crippen LogP contribution is -2.25. The molecule has 0 aliphatic heterocycles. The number of rotatable bonds is 4. The fourth-order valence-electron chi connectivity index (χ4n) is 3.21. The minimum Gasteiger partial charge on any atom is -0.306 e. The van der Waals surface area contributed by atoms with Crippen LogP contribution in [-0.4, -0.2) is 6.54 Å². The number of hydrogen-bond acceptors (Lipinski definition) is 1. The molecule has 0 aliphatic carbocycles. The number of aryl methyl sites for hydroxylation is 4. The second-order valence-electron chi connectivity index (χ2n) is 5.75. The SMILES string of the molecule is CCNC(c1c(C)cccc1C)c1c(C)cc(F)cc1C. The van der Waals surface area contributed by atoms with Gasteiger partial charge in [0.05, 0.1) is 6.04 Å². The lowest BCUT2D eigenvalue weighted by atomic mass is 9.87. The van der Waals surface area contributed by atoms with Crippen molar-refractivity contribution in [3.63, 3.8) is 0 Å². The summed E-state index contributed by atoms with van der Waals surface area (Å²) < 4.78 is 13.6. The monoisotopic (exact) mass is 285 g/mol. The van der Waals surface area contributed by atoms with Crippen molar-refractivity contribution in [2.75, 3.05) is 6.54 Å². The highest BCUT2D eigenvalue weighted by Crippen LogP contribution is 2.32. The van der Waals surface area contributed by atoms with E-state index < -0.39 is 0 Å². The van der Waals surface area contributed by atoms with E-state index in [1.165, 1.54) is 22.3 Å². The summed E-state index contributed by atoms with van der Waals surface area (Å²) >= 11 is 0. The van der Waals surface area contributed by atoms with Crippen LogP contribution in [0.5, 0.6) is 0 Å². The van der Waals surface area contributed by atoms with Crippen molar-refractivity contribution in [2.24, 2.45) is 0 Å². The first-order valence-corrected chi connectivity index (χ1v) is 7.51. The highest BCUT2D eigenvalue weighted by molar-refractivity contribution is 5.47. The predicted molar refractivity (Wildman–Crippen MR) is 87.3 cm³/mol. The third kappa shape index (κ3) is 3.16. The average molecular weight is 285 g/mol. The summed E-state index contributed by atoms with van der Waals surface area (Å²) in [5, 5.41) is 3.58. The molecule has 2 heteroatoms. The van der Waals surface area contributed by atoms with Crippen molar-refractivity contribution in [2.45, 2.75) is 40.7 Å². The van der Waals surface area contributed by atoms with Crippen LogP contribution in [0.3, 0.4) is 0 Å². The zero-order valence-electron chi connectivity index (χ0n) is 13.5. The fourth-order valence-corrected chi connectivity index (χ4v) is 3.21. The molecule has 0 spiro atoms. The number of halogens is 1. The fraction of sp³-hybridized carbons (Fsp3) is 0.368. The van der Waals surface area contributed by atoms with Gasteiger partial charge in [0.25, 0.3) is 0 Å². The van der Waals surface area contributed by atoms with Crippen LogP contribution in [-0.2, 0) is 0 Å². The number of benzene rings is 2. The normalized spacial score (nSPS) is 12.5. The van der Waals surface area contributed by atoms with E-state index in [1.54, 1.807) is 12.1 Å². The van der Waals surface area contributed by atoms with Gasteiger partial charge in [-0.3, -0.25) is 0 Å². The van der Waals surface area contributed by atoms with Crippen LogP contribution >= 0.6 is 0 Å². The first-order chi connectivity index (χ1) is 9.95. The van der Waals surface area contributed by atoms with Crippen molar-refractivity contribution in [1.29, 1.82) is 0 Å². The molecular formula is C19H24FN. The maximum Gasteiger partial charge on any atom is 0.123 e. The molecule has 0 saturated carbocycles. The Morgan fingerprint density at radius 3 is 1.86 bits per heavy atom. The van der Waals surface area contributed by atoms with E-state index in [9.17, 15) is 4.39 Å². The van der Waals surface area contributed by atoms with Gasteiger partial charge in [0.1, 0.15) is 5.82 Å². The minimum absolute atomic E-state index is 0.108. The van der Waals surface area contributed by atoms with Crippen molar-refractivity contribution in [3.8, 4) is 0 Å². The van der Waals surface area contributed by atoms with E-state index in [-0.39, 0.29) is 11.9 Å². The molecule has 1 nitrogen and oxygen atoms in total. The molecule has 2 aromatic rings. The molecule has 0 radical (unpaired) electrons. The number of hydrogen-bond donors (Lipinski definition) is 1. The van der Waals surface area contributed by atoms with Gasteiger partial charge in [0.15, 0.2) is 0 Å². The summed E-state index contributed by atoms with van der Waals surface area (Å²) in [6, 6.07) is 9.72. The molecule has 0 fully saturated rings. The Labute approximate surface area is 127 Å². The molecule has 0 aliphatic rings. The molecular weight excluding hydrogens is 261 g/mol. The van der Waals surface area contributed by atoms with Crippen LogP contribution in [0.15, 0.2) is 30.3 Å². The van der Waals surface area contributed by atoms with Crippen molar-refractivity contribution >= 4 is 0 Å². The molecule has 1 N–H and O–H groups in total. The highest BCUT2D eigenvalue weighted by atomic mass is 19.1. The van der Waals surface area contributed by atoms with Gasteiger partial charge in [0, 0.05) is 0 Å². The van der Waals surface area contributed by atoms with Crippen molar-refractivity contribution in [3.05, 3.63) is 69.5 Å². The molecule has 0 saturated heterocycles. The van der Waals surface area contributed by atoms with E-state index in [4.69, 9.17) is 0 Å². The van der Waals surface area contributed by atoms with Gasteiger partial charge in [-0.05, 0) is 79.8 Å². The van der Waals surface area contributed by atoms with Gasteiger partial charge in [-0.2, -0.15) is 0 Å². The Hall–Kier alpha value is -1.67. The summed E-state index contributed by atoms with van der Waals surface area (Å²) in [5.41, 5.74) is 7.03. The molecule has 0 aromatic heterocycles. The first kappa shape index (κ1) is 15.7. The Balaban J connectivity index is 2.65. The molecule has 1 unspecified atom stereocenters. The first-order valence-electron chi connectivity index (χ1n) is 7.51. The van der Waals surface area contributed by atoms with E-state index in [1.807, 2.05) is 13.8 Å². The summed E-state index contributed by atoms with van der Waals surface area (Å²) in [6.45, 7) is 11.2. The van der Waals surface area contributed by atoms with Gasteiger partial charge < -0.3 is 5.32 Å². The predicted octanol–water partition coefficient (Wildman–Crippen LogP) is 4.76. The molecule has 112 valence electrons. The standard InChI is InChI=1S/C19H24FN/c1-6-21-19(17-12(2)8-7-9-13(17)3)18-14(4)10-16(20)11-15(18)5/h7-11,19,21H,6H2,1-5H3. The van der Waals surface area contributed by atoms with Crippen LogP contribution in [0.25, 0.3) is 0 Å². The minimum atomic E-state index is -0.162. The third-order valence-electron chi connectivity index (χ3n) is 4.09. The molecule has 21 heavy (non-hydrogen) atoms. The molecule has 1 atom stereocenters. The van der Waals surface area contributed by atoms with Gasteiger partial charge in [0.2, 0.25) is 0 Å². The molecule has 0 bridgehead atoms. The molecule has 2 aromatic carbocycles. The maximum atomic E-state index is 13.6. The van der Waals surface area contributed by atoms with E-state index in [0.29, 0.717) is 0 Å². The molecule has 0 heterocycles. The van der Waals surface area contributed by atoms with Gasteiger partial charge in [-0.15, -0.1) is 0 Å². The second-order valence-corrected chi connectivity index (χ2v) is 5.75. The van der Waals surface area contributed by atoms with Crippen LogP contribution in [0.1, 0.15) is 46.3 Å². The Morgan fingerprint density at radius 1 is 0.905 bits per heavy atom. The third-order valence-corrected chi connectivity index (χ3v) is 4.09. The zero-order chi connectivity index (χ0) is 15.6. The van der Waals surface area contributed by atoms with Gasteiger partial charge >= 0.3 is 0 Å². The van der Waals surface area contributed by atoms with Crippen LogP contribution in [0, 0.1) is 33.5 Å². The molecule has 2 rings (SSSR count). The Morgan fingerprint density at radius 2 is 1.38 bits per heavy atom. The second kappa shape index (κ2) is 6.40. The van der Waals surface area contributed by atoms with Crippen molar-refractivity contribution in [1.82, 2.24) is 5.32 Å². The van der Waals surface area contributed by atoms with Gasteiger partial charge in [-0.25, -0.2) is 4.39 Å². The topological polar surface area (TPSA) is 12.0 Å². The van der Waals surface area contributed by atoms with Gasteiger partial charge in [-0.1, -0.05) is 25.1 Å². The Bertz CT molecular complexity index is 603. The average Bonchev–Trinajstić information content (AvgIpc) is 2.37. The van der Waals surface area contributed by atoms with Crippen LogP contribution < -0.4 is 5.32 Å². The Kier molecular flexibility index (Phi) is 4.79. The smallest absolute Gasteiger partial charge is 0.123 e. The lowest BCUT2D eigenvalue weighted by Gasteiger charge is -2.26. The summed E-state index contributed by atoms with van der Waals surface area (Å²) in [5.74, 6) is -0.162. The lowest BCUT2D eigenvalue weighted by molar-refractivity contribution is 0.603. The zero-order valence-corrected chi connectivity index (χ0v) is 13.5. The van der Waals surface area contributed by atoms with Crippen LogP contribution in [0.4, 0.5) is 4.39 Å². The van der Waals surface area contributed by atoms with Crippen molar-refractivity contribution < 1.29 is 4.39 Å². The van der Waals surface area contributed by atoms with E-state index >= 15 is 0 Å². The largest absolute Gasteiger partial charge is 0.306 e. The van der Waals surface area contributed by atoms with E-state index in [0.717, 1.165) is 17.7 Å². The maximum absolute atomic E-state index is 13.6. The summed E-state index contributed by atoms with van der Waals surface area (Å²) in [7, 11) is 0.